The van der Waals surface area contributed by atoms with E-state index in [0.29, 0.717) is 29.3 Å². The number of ether oxygens (including phenoxy) is 2. The lowest BCUT2D eigenvalue weighted by Crippen LogP contribution is -2.39. The molecule has 0 bridgehead atoms. The fourth-order valence-corrected chi connectivity index (χ4v) is 3.99. The number of hydrazone groups is 1. The molecule has 0 atom stereocenters. The molecule has 0 saturated heterocycles. The van der Waals surface area contributed by atoms with Crippen LogP contribution >= 0.6 is 0 Å². The molecule has 1 N–H and O–H groups in total. The van der Waals surface area contributed by atoms with Crippen LogP contribution in [-0.2, 0) is 14.8 Å². The predicted molar refractivity (Wildman–Crippen MR) is 123 cm³/mol. The van der Waals surface area contributed by atoms with Crippen molar-refractivity contribution in [1.29, 1.82) is 0 Å². The van der Waals surface area contributed by atoms with Gasteiger partial charge in [0.2, 0.25) is 10.0 Å². The highest BCUT2D eigenvalue weighted by molar-refractivity contribution is 7.92. The average Bonchev–Trinajstić information content (AvgIpc) is 2.70. The molecule has 9 heteroatoms. The van der Waals surface area contributed by atoms with Crippen molar-refractivity contribution in [1.82, 2.24) is 5.43 Å². The number of amides is 1. The smallest absolute Gasteiger partial charge is 0.260 e. The zero-order chi connectivity index (χ0) is 23.2. The second-order valence-corrected chi connectivity index (χ2v) is 9.04. The van der Waals surface area contributed by atoms with Crippen LogP contribution in [0.5, 0.6) is 11.5 Å². The minimum Gasteiger partial charge on any atom is -0.493 e. The summed E-state index contributed by atoms with van der Waals surface area (Å²) in [5, 5.41) is 4.21. The second-order valence-electron chi connectivity index (χ2n) is 7.13. The van der Waals surface area contributed by atoms with Gasteiger partial charge in [-0.3, -0.25) is 9.10 Å². The van der Waals surface area contributed by atoms with Crippen molar-refractivity contribution >= 4 is 27.3 Å². The van der Waals surface area contributed by atoms with Crippen LogP contribution in [0.4, 0.5) is 5.69 Å². The summed E-state index contributed by atoms with van der Waals surface area (Å²) in [6.45, 7) is 5.27. The molecule has 0 spiro atoms. The first kappa shape index (κ1) is 24.2. The molecule has 2 aromatic carbocycles. The molecule has 0 aliphatic heterocycles. The quantitative estimate of drug-likeness (QED) is 0.471. The molecule has 0 unspecified atom stereocenters. The van der Waals surface area contributed by atoms with Gasteiger partial charge in [0, 0.05) is 5.56 Å². The van der Waals surface area contributed by atoms with Gasteiger partial charge in [-0.05, 0) is 61.7 Å². The highest BCUT2D eigenvalue weighted by atomic mass is 32.2. The maximum absolute atomic E-state index is 12.5. The van der Waals surface area contributed by atoms with Gasteiger partial charge in [0.15, 0.2) is 11.5 Å². The molecule has 2 aromatic rings. The minimum absolute atomic E-state index is 0.381. The van der Waals surface area contributed by atoms with Crippen LogP contribution in [0.2, 0.25) is 0 Å². The Kier molecular flexibility index (Phi) is 8.04. The third-order valence-electron chi connectivity index (χ3n) is 4.55. The van der Waals surface area contributed by atoms with Gasteiger partial charge in [0.25, 0.3) is 5.91 Å². The minimum atomic E-state index is -3.67. The number of benzene rings is 2. The number of sulfonamides is 1. The Labute approximate surface area is 183 Å². The summed E-state index contributed by atoms with van der Waals surface area (Å²) >= 11 is 0. The van der Waals surface area contributed by atoms with Crippen molar-refractivity contribution in [2.24, 2.45) is 5.10 Å². The molecule has 2 rings (SSSR count). The number of hydrogen-bond donors (Lipinski definition) is 1. The van der Waals surface area contributed by atoms with Gasteiger partial charge in [-0.2, -0.15) is 5.10 Å². The Morgan fingerprint density at radius 1 is 1.03 bits per heavy atom. The standard InChI is InChI=1S/C22H29N3O5S/c1-7-19(17-8-9-20(29-4)21(13-17)30-5)23-24-22(26)14-25(31(6,27)28)18-11-15(2)10-16(3)12-18/h8-13H,7,14H2,1-6H3,(H,24,26)/b23-19-. The third kappa shape index (κ3) is 6.45. The molecule has 0 aliphatic rings. The first-order valence-electron chi connectivity index (χ1n) is 9.72. The Bertz CT molecular complexity index is 1060. The van der Waals surface area contributed by atoms with Crippen molar-refractivity contribution in [3.63, 3.8) is 0 Å². The van der Waals surface area contributed by atoms with Crippen LogP contribution in [0.25, 0.3) is 0 Å². The van der Waals surface area contributed by atoms with Gasteiger partial charge in [0.05, 0.1) is 31.9 Å². The van der Waals surface area contributed by atoms with Crippen LogP contribution in [0.15, 0.2) is 41.5 Å². The van der Waals surface area contributed by atoms with E-state index in [0.717, 1.165) is 27.3 Å². The van der Waals surface area contributed by atoms with Gasteiger partial charge < -0.3 is 9.47 Å². The van der Waals surface area contributed by atoms with E-state index in [4.69, 9.17) is 9.47 Å². The van der Waals surface area contributed by atoms with Gasteiger partial charge >= 0.3 is 0 Å². The molecule has 0 saturated carbocycles. The number of anilines is 1. The fraction of sp³-hybridized carbons (Fsp3) is 0.364. The van der Waals surface area contributed by atoms with Crippen molar-refractivity contribution in [3.8, 4) is 11.5 Å². The van der Waals surface area contributed by atoms with Crippen molar-refractivity contribution in [2.45, 2.75) is 27.2 Å². The normalized spacial score (nSPS) is 11.7. The topological polar surface area (TPSA) is 97.3 Å². The molecule has 168 valence electrons. The number of carbonyl (C=O) groups excluding carboxylic acids is 1. The van der Waals surface area contributed by atoms with Crippen LogP contribution in [0.1, 0.15) is 30.0 Å². The van der Waals surface area contributed by atoms with E-state index in [9.17, 15) is 13.2 Å². The molecule has 31 heavy (non-hydrogen) atoms. The maximum Gasteiger partial charge on any atom is 0.260 e. The molecule has 0 radical (unpaired) electrons. The monoisotopic (exact) mass is 447 g/mol. The zero-order valence-electron chi connectivity index (χ0n) is 18.7. The lowest BCUT2D eigenvalue weighted by Gasteiger charge is -2.22. The Morgan fingerprint density at radius 3 is 2.16 bits per heavy atom. The van der Waals surface area contributed by atoms with Crippen molar-refractivity contribution in [3.05, 3.63) is 53.1 Å². The number of aryl methyl sites for hydroxylation is 2. The van der Waals surface area contributed by atoms with E-state index in [1.807, 2.05) is 32.9 Å². The van der Waals surface area contributed by atoms with Crippen LogP contribution in [0.3, 0.4) is 0 Å². The van der Waals surface area contributed by atoms with E-state index in [1.165, 1.54) is 0 Å². The van der Waals surface area contributed by atoms with E-state index >= 15 is 0 Å². The fourth-order valence-electron chi connectivity index (χ4n) is 3.15. The lowest BCUT2D eigenvalue weighted by molar-refractivity contribution is -0.119. The summed E-state index contributed by atoms with van der Waals surface area (Å²) in [5.74, 6) is 0.588. The molecule has 8 nitrogen and oxygen atoms in total. The number of carbonyl (C=O) groups is 1. The molecule has 1 amide bonds. The van der Waals surface area contributed by atoms with Gasteiger partial charge in [-0.25, -0.2) is 13.8 Å². The Hall–Kier alpha value is -3.07. The van der Waals surface area contributed by atoms with Crippen LogP contribution in [-0.4, -0.2) is 47.1 Å². The number of hydrogen-bond acceptors (Lipinski definition) is 6. The first-order chi connectivity index (χ1) is 14.6. The summed E-state index contributed by atoms with van der Waals surface area (Å²) in [4.78, 5) is 12.5. The Balaban J connectivity index is 2.24. The van der Waals surface area contributed by atoms with E-state index in [-0.39, 0.29) is 6.54 Å². The van der Waals surface area contributed by atoms with Gasteiger partial charge in [-0.15, -0.1) is 0 Å². The second kappa shape index (κ2) is 10.3. The maximum atomic E-state index is 12.5. The van der Waals surface area contributed by atoms with E-state index in [1.54, 1.807) is 38.5 Å². The number of nitrogens with zero attached hydrogens (tertiary/aromatic N) is 2. The van der Waals surface area contributed by atoms with Crippen molar-refractivity contribution < 1.29 is 22.7 Å². The highest BCUT2D eigenvalue weighted by Gasteiger charge is 2.21. The lowest BCUT2D eigenvalue weighted by atomic mass is 10.1. The summed E-state index contributed by atoms with van der Waals surface area (Å²) in [7, 11) is -0.574. The van der Waals surface area contributed by atoms with Crippen LogP contribution in [0, 0.1) is 13.8 Å². The summed E-state index contributed by atoms with van der Waals surface area (Å²) in [6.07, 6.45) is 1.62. The largest absolute Gasteiger partial charge is 0.493 e. The number of rotatable bonds is 9. The Morgan fingerprint density at radius 2 is 1.65 bits per heavy atom. The number of nitrogens with one attached hydrogen (secondary N) is 1. The first-order valence-corrected chi connectivity index (χ1v) is 11.6. The predicted octanol–water partition coefficient (Wildman–Crippen LogP) is 3.02. The van der Waals surface area contributed by atoms with Crippen LogP contribution < -0.4 is 19.2 Å². The zero-order valence-corrected chi connectivity index (χ0v) is 19.5. The van der Waals surface area contributed by atoms with Gasteiger partial charge in [-0.1, -0.05) is 13.0 Å². The molecular formula is C22H29N3O5S. The summed E-state index contributed by atoms with van der Waals surface area (Å²) in [5.41, 5.74) is 6.10. The number of methoxy groups -OCH3 is 2. The molecule has 0 fully saturated rings. The molecule has 0 aromatic heterocycles. The molecule has 0 heterocycles. The highest BCUT2D eigenvalue weighted by Crippen LogP contribution is 2.28. The van der Waals surface area contributed by atoms with E-state index in [2.05, 4.69) is 10.5 Å². The molecular weight excluding hydrogens is 418 g/mol. The average molecular weight is 448 g/mol. The van der Waals surface area contributed by atoms with E-state index < -0.39 is 15.9 Å². The van der Waals surface area contributed by atoms with Gasteiger partial charge in [0.1, 0.15) is 6.54 Å². The SMILES string of the molecule is CC/C(=N/NC(=O)CN(c1cc(C)cc(C)c1)S(C)(=O)=O)c1ccc(OC)c(OC)c1. The molecule has 0 aliphatic carbocycles. The third-order valence-corrected chi connectivity index (χ3v) is 5.69. The summed E-state index contributed by atoms with van der Waals surface area (Å²) < 4.78 is 36.3. The van der Waals surface area contributed by atoms with Crippen molar-refractivity contribution in [2.75, 3.05) is 31.3 Å². The summed E-state index contributed by atoms with van der Waals surface area (Å²) in [6, 6.07) is 10.7.